The summed E-state index contributed by atoms with van der Waals surface area (Å²) < 4.78 is 16.7. The lowest BCUT2D eigenvalue weighted by Gasteiger charge is -2.24. The minimum atomic E-state index is -1.04. The lowest BCUT2D eigenvalue weighted by Crippen LogP contribution is -2.29. The van der Waals surface area contributed by atoms with Crippen LogP contribution in [0.15, 0.2) is 48.0 Å². The SMILES string of the molecule is CCCCCOc1ccc(C2C(=C(O)c3ccc(C)cc3)C(=O)C(=O)N2c2nc(C)c(C(=O)OC)s2)cc1OCC. The number of methoxy groups -OCH3 is 1. The molecule has 9 nitrogen and oxygen atoms in total. The maximum absolute atomic E-state index is 13.6. The first kappa shape index (κ1) is 29.8. The normalized spacial score (nSPS) is 16.2. The van der Waals surface area contributed by atoms with Crippen LogP contribution >= 0.6 is 11.3 Å². The summed E-state index contributed by atoms with van der Waals surface area (Å²) in [5, 5.41) is 11.5. The summed E-state index contributed by atoms with van der Waals surface area (Å²) in [5.41, 5.74) is 2.15. The number of benzene rings is 2. The molecule has 0 aliphatic carbocycles. The van der Waals surface area contributed by atoms with Crippen molar-refractivity contribution >= 4 is 39.9 Å². The van der Waals surface area contributed by atoms with E-state index in [1.54, 1.807) is 37.3 Å². The Labute approximate surface area is 243 Å². The number of nitrogens with zero attached hydrogens (tertiary/aromatic N) is 2. The Morgan fingerprint density at radius 2 is 1.76 bits per heavy atom. The number of hydrogen-bond acceptors (Lipinski definition) is 9. The van der Waals surface area contributed by atoms with Gasteiger partial charge >= 0.3 is 11.9 Å². The number of rotatable bonds is 11. The van der Waals surface area contributed by atoms with Crippen LogP contribution in [0.5, 0.6) is 11.5 Å². The van der Waals surface area contributed by atoms with Gasteiger partial charge in [0.05, 0.1) is 37.6 Å². The van der Waals surface area contributed by atoms with Crippen molar-refractivity contribution in [2.75, 3.05) is 25.2 Å². The number of aliphatic hydroxyl groups excluding tert-OH is 1. The number of aromatic nitrogens is 1. The molecule has 1 amide bonds. The van der Waals surface area contributed by atoms with Crippen molar-refractivity contribution in [2.24, 2.45) is 0 Å². The summed E-state index contributed by atoms with van der Waals surface area (Å²) >= 11 is 0.946. The van der Waals surface area contributed by atoms with Gasteiger partial charge in [-0.05, 0) is 44.9 Å². The molecule has 1 atom stereocenters. The number of esters is 1. The minimum Gasteiger partial charge on any atom is -0.507 e. The van der Waals surface area contributed by atoms with Gasteiger partial charge in [0.15, 0.2) is 16.6 Å². The topological polar surface area (TPSA) is 115 Å². The molecule has 10 heteroatoms. The predicted molar refractivity (Wildman–Crippen MR) is 157 cm³/mol. The number of thiazole rings is 1. The average Bonchev–Trinajstić information content (AvgIpc) is 3.47. The summed E-state index contributed by atoms with van der Waals surface area (Å²) in [6.45, 7) is 8.39. The molecule has 216 valence electrons. The largest absolute Gasteiger partial charge is 0.507 e. The second-order valence-corrected chi connectivity index (χ2v) is 10.6. The van der Waals surface area contributed by atoms with Crippen LogP contribution < -0.4 is 14.4 Å². The first-order valence-electron chi connectivity index (χ1n) is 13.5. The lowest BCUT2D eigenvalue weighted by molar-refractivity contribution is -0.132. The van der Waals surface area contributed by atoms with E-state index in [4.69, 9.17) is 14.2 Å². The van der Waals surface area contributed by atoms with Gasteiger partial charge in [-0.3, -0.25) is 14.5 Å². The van der Waals surface area contributed by atoms with Crippen molar-refractivity contribution in [3.05, 3.63) is 75.3 Å². The molecule has 0 saturated carbocycles. The molecule has 4 rings (SSSR count). The van der Waals surface area contributed by atoms with Crippen LogP contribution in [0.2, 0.25) is 0 Å². The smallest absolute Gasteiger partial charge is 0.350 e. The number of Topliss-reactive ketones (excluding diaryl/α,β-unsaturated/α-hetero) is 1. The molecule has 0 radical (unpaired) electrons. The molecule has 41 heavy (non-hydrogen) atoms. The van der Waals surface area contributed by atoms with Gasteiger partial charge in [0.2, 0.25) is 0 Å². The quantitative estimate of drug-likeness (QED) is 0.0949. The van der Waals surface area contributed by atoms with Gasteiger partial charge in [0, 0.05) is 5.56 Å². The monoisotopic (exact) mass is 578 g/mol. The van der Waals surface area contributed by atoms with Gasteiger partial charge in [0.1, 0.15) is 10.6 Å². The number of unbranched alkanes of at least 4 members (excludes halogenated alkanes) is 2. The molecule has 1 aliphatic heterocycles. The maximum atomic E-state index is 13.6. The van der Waals surface area contributed by atoms with Crippen molar-refractivity contribution in [3.63, 3.8) is 0 Å². The van der Waals surface area contributed by atoms with Crippen LogP contribution in [0.1, 0.15) is 71.2 Å². The molecular weight excluding hydrogens is 544 g/mol. The number of hydrogen-bond donors (Lipinski definition) is 1. The van der Waals surface area contributed by atoms with Gasteiger partial charge in [-0.1, -0.05) is 67.0 Å². The Morgan fingerprint density at radius 3 is 2.41 bits per heavy atom. The maximum Gasteiger partial charge on any atom is 0.350 e. The van der Waals surface area contributed by atoms with Crippen molar-refractivity contribution in [2.45, 2.75) is 53.0 Å². The number of ether oxygens (including phenoxy) is 3. The molecule has 1 N–H and O–H groups in total. The predicted octanol–water partition coefficient (Wildman–Crippen LogP) is 6.14. The zero-order valence-corrected chi connectivity index (χ0v) is 24.7. The molecular formula is C31H34N2O7S. The van der Waals surface area contributed by atoms with Crippen LogP contribution in [0, 0.1) is 13.8 Å². The summed E-state index contributed by atoms with van der Waals surface area (Å²) in [6, 6.07) is 11.2. The van der Waals surface area contributed by atoms with Crippen LogP contribution in [0.25, 0.3) is 5.76 Å². The summed E-state index contributed by atoms with van der Waals surface area (Å²) in [6.07, 6.45) is 3.00. The number of aryl methyl sites for hydroxylation is 2. The van der Waals surface area contributed by atoms with Gasteiger partial charge < -0.3 is 19.3 Å². The third-order valence-corrected chi connectivity index (χ3v) is 7.86. The second kappa shape index (κ2) is 13.0. The third-order valence-electron chi connectivity index (χ3n) is 6.72. The van der Waals surface area contributed by atoms with Crippen molar-refractivity contribution in [1.82, 2.24) is 4.98 Å². The fourth-order valence-electron chi connectivity index (χ4n) is 4.60. The molecule has 2 aromatic carbocycles. The van der Waals surface area contributed by atoms with Gasteiger partial charge in [-0.2, -0.15) is 0 Å². The van der Waals surface area contributed by atoms with E-state index in [0.717, 1.165) is 36.2 Å². The highest BCUT2D eigenvalue weighted by Crippen LogP contribution is 2.45. The molecule has 0 spiro atoms. The molecule has 0 bridgehead atoms. The van der Waals surface area contributed by atoms with Crippen LogP contribution in [-0.2, 0) is 14.3 Å². The molecule has 1 fully saturated rings. The lowest BCUT2D eigenvalue weighted by atomic mass is 9.95. The molecule has 1 saturated heterocycles. The molecule has 3 aromatic rings. The van der Waals surface area contributed by atoms with Crippen molar-refractivity contribution in [1.29, 1.82) is 0 Å². The van der Waals surface area contributed by atoms with Gasteiger partial charge in [-0.15, -0.1) is 0 Å². The Bertz CT molecular complexity index is 1480. The van der Waals surface area contributed by atoms with E-state index >= 15 is 0 Å². The number of ketones is 1. The zero-order chi connectivity index (χ0) is 29.7. The van der Waals surface area contributed by atoms with Crippen molar-refractivity contribution in [3.8, 4) is 11.5 Å². The summed E-state index contributed by atoms with van der Waals surface area (Å²) in [4.78, 5) is 45.3. The number of carbonyl (C=O) groups excluding carboxylic acids is 3. The number of aliphatic hydroxyl groups is 1. The van der Waals surface area contributed by atoms with Crippen LogP contribution in [-0.4, -0.2) is 48.1 Å². The first-order valence-corrected chi connectivity index (χ1v) is 14.4. The van der Waals surface area contributed by atoms with E-state index in [1.165, 1.54) is 12.0 Å². The Morgan fingerprint density at radius 1 is 1.02 bits per heavy atom. The highest BCUT2D eigenvalue weighted by atomic mass is 32.1. The Balaban J connectivity index is 1.88. The van der Waals surface area contributed by atoms with Crippen LogP contribution in [0.3, 0.4) is 0 Å². The average molecular weight is 579 g/mol. The standard InChI is InChI=1S/C31H34N2O7S/c1-6-8-9-16-40-22-15-14-21(17-23(22)39-7-2)25-24(26(34)20-12-10-18(3)11-13-20)27(35)29(36)33(25)31-32-19(4)28(41-31)30(37)38-5/h10-15,17,25,34H,6-9,16H2,1-5H3. The number of carbonyl (C=O) groups is 3. The van der Waals surface area contributed by atoms with Crippen molar-refractivity contribution < 1.29 is 33.7 Å². The van der Waals surface area contributed by atoms with E-state index in [9.17, 15) is 19.5 Å². The fourth-order valence-corrected chi connectivity index (χ4v) is 5.61. The van der Waals surface area contributed by atoms with Gasteiger partial charge in [0.25, 0.3) is 5.78 Å². The minimum absolute atomic E-state index is 0.0922. The molecule has 2 heterocycles. The van der Waals surface area contributed by atoms with E-state index in [2.05, 4.69) is 11.9 Å². The van der Waals surface area contributed by atoms with E-state index in [-0.39, 0.29) is 21.3 Å². The summed E-state index contributed by atoms with van der Waals surface area (Å²) in [5.74, 6) is -1.64. The molecule has 1 aromatic heterocycles. The Hall–Kier alpha value is -4.18. The Kier molecular flexibility index (Phi) is 9.44. The molecule has 1 unspecified atom stereocenters. The van der Waals surface area contributed by atoms with Gasteiger partial charge in [-0.25, -0.2) is 9.78 Å². The van der Waals surface area contributed by atoms with E-state index < -0.39 is 23.7 Å². The highest BCUT2D eigenvalue weighted by molar-refractivity contribution is 7.17. The number of amides is 1. The van der Waals surface area contributed by atoms with E-state index in [0.29, 0.717) is 41.5 Å². The van der Waals surface area contributed by atoms with E-state index in [1.807, 2.05) is 26.0 Å². The summed E-state index contributed by atoms with van der Waals surface area (Å²) in [7, 11) is 1.26. The zero-order valence-electron chi connectivity index (χ0n) is 23.9. The number of anilines is 1. The van der Waals surface area contributed by atoms with Crippen LogP contribution in [0.4, 0.5) is 5.13 Å². The fraction of sp³-hybridized carbons (Fsp3) is 0.355. The highest BCUT2D eigenvalue weighted by Gasteiger charge is 2.48. The first-order chi connectivity index (χ1) is 19.7. The molecule has 1 aliphatic rings. The third kappa shape index (κ3) is 6.12. The second-order valence-electron chi connectivity index (χ2n) is 9.63.